The van der Waals surface area contributed by atoms with Crippen molar-refractivity contribution in [1.29, 1.82) is 0 Å². The maximum absolute atomic E-state index is 12.0. The Labute approximate surface area is 152 Å². The minimum atomic E-state index is -1.21. The van der Waals surface area contributed by atoms with Gasteiger partial charge in [0.05, 0.1) is 19.0 Å². The Morgan fingerprint density at radius 3 is 2.15 bits per heavy atom. The first-order valence-corrected chi connectivity index (χ1v) is 8.16. The van der Waals surface area contributed by atoms with Crippen LogP contribution in [-0.2, 0) is 38.1 Å². The first kappa shape index (κ1) is 21.9. The third-order valence-electron chi connectivity index (χ3n) is 3.80. The van der Waals surface area contributed by atoms with Crippen molar-refractivity contribution in [2.45, 2.75) is 64.8 Å². The van der Waals surface area contributed by atoms with Gasteiger partial charge in [-0.25, -0.2) is 4.79 Å². The smallest absolute Gasteiger partial charge is 0.335 e. The lowest BCUT2D eigenvalue weighted by atomic mass is 9.90. The number of rotatable bonds is 7. The fourth-order valence-electron chi connectivity index (χ4n) is 2.76. The quantitative estimate of drug-likeness (QED) is 0.399. The third kappa shape index (κ3) is 5.99. The molecule has 3 unspecified atom stereocenters. The number of aliphatic hydroxyl groups excluding tert-OH is 1. The topological polar surface area (TPSA) is 118 Å². The van der Waals surface area contributed by atoms with E-state index in [4.69, 9.17) is 23.7 Å². The van der Waals surface area contributed by atoms with Crippen LogP contribution in [0.5, 0.6) is 0 Å². The van der Waals surface area contributed by atoms with Crippen molar-refractivity contribution in [3.63, 3.8) is 0 Å². The van der Waals surface area contributed by atoms with Gasteiger partial charge in [-0.3, -0.25) is 9.59 Å². The van der Waals surface area contributed by atoms with E-state index >= 15 is 0 Å². The SMILES string of the molecule is C=C(O)CC(C)O[C@@H]1O[C@H](C(=O)OC)C(C)[C@H](OC(C)=O)C1OC(C)=O. The molecule has 1 saturated heterocycles. The van der Waals surface area contributed by atoms with Crippen LogP contribution in [0.3, 0.4) is 0 Å². The second kappa shape index (κ2) is 9.54. The lowest BCUT2D eigenvalue weighted by molar-refractivity contribution is -0.297. The Kier molecular flexibility index (Phi) is 8.04. The standard InChI is InChI=1S/C17H26O9/c1-8(18)7-9(2)23-17-15(25-12(5)20)13(24-11(4)19)10(3)14(26-17)16(21)22-6/h9-10,13-15,17-18H,1,7H2,2-6H3/t9?,10?,13-,14-,15?,17+/m0/s1. The Balaban J connectivity index is 3.16. The van der Waals surface area contributed by atoms with Crippen molar-refractivity contribution >= 4 is 17.9 Å². The Morgan fingerprint density at radius 1 is 1.15 bits per heavy atom. The monoisotopic (exact) mass is 374 g/mol. The lowest BCUT2D eigenvalue weighted by Gasteiger charge is -2.43. The van der Waals surface area contributed by atoms with Crippen molar-refractivity contribution in [2.75, 3.05) is 7.11 Å². The summed E-state index contributed by atoms with van der Waals surface area (Å²) >= 11 is 0. The minimum Gasteiger partial charge on any atom is -0.513 e. The summed E-state index contributed by atoms with van der Waals surface area (Å²) in [6, 6.07) is 0. The van der Waals surface area contributed by atoms with Crippen LogP contribution in [0, 0.1) is 5.92 Å². The molecule has 1 heterocycles. The Hall–Kier alpha value is -2.13. The normalized spacial score (nSPS) is 29.3. The number of aliphatic hydroxyl groups is 1. The zero-order valence-corrected chi connectivity index (χ0v) is 15.6. The van der Waals surface area contributed by atoms with E-state index in [1.807, 2.05) is 0 Å². The molecule has 0 spiro atoms. The van der Waals surface area contributed by atoms with Crippen LogP contribution in [0.15, 0.2) is 12.3 Å². The predicted octanol–water partition coefficient (Wildman–Crippen LogP) is 1.25. The molecule has 0 bridgehead atoms. The molecule has 0 aromatic carbocycles. The zero-order chi connectivity index (χ0) is 20.0. The minimum absolute atomic E-state index is 0.101. The van der Waals surface area contributed by atoms with Crippen LogP contribution in [0.4, 0.5) is 0 Å². The van der Waals surface area contributed by atoms with E-state index in [2.05, 4.69) is 6.58 Å². The van der Waals surface area contributed by atoms with Crippen LogP contribution in [0.25, 0.3) is 0 Å². The van der Waals surface area contributed by atoms with Gasteiger partial charge in [-0.05, 0) is 6.92 Å². The number of carbonyl (C=O) groups is 3. The summed E-state index contributed by atoms with van der Waals surface area (Å²) in [4.78, 5) is 35.1. The highest BCUT2D eigenvalue weighted by Crippen LogP contribution is 2.32. The molecule has 1 aliphatic rings. The maximum atomic E-state index is 12.0. The molecule has 1 fully saturated rings. The van der Waals surface area contributed by atoms with Crippen molar-refractivity contribution in [3.05, 3.63) is 12.3 Å². The highest BCUT2D eigenvalue weighted by Gasteiger charge is 2.51. The molecule has 0 saturated carbocycles. The van der Waals surface area contributed by atoms with E-state index in [0.29, 0.717) is 0 Å². The molecule has 1 N–H and O–H groups in total. The second-order valence-corrected chi connectivity index (χ2v) is 6.17. The van der Waals surface area contributed by atoms with Gasteiger partial charge >= 0.3 is 17.9 Å². The van der Waals surface area contributed by atoms with Gasteiger partial charge in [0.2, 0.25) is 0 Å². The number of carbonyl (C=O) groups excluding carboxylic acids is 3. The van der Waals surface area contributed by atoms with E-state index in [1.165, 1.54) is 21.0 Å². The third-order valence-corrected chi connectivity index (χ3v) is 3.80. The number of hydrogen-bond acceptors (Lipinski definition) is 9. The summed E-state index contributed by atoms with van der Waals surface area (Å²) in [5, 5.41) is 9.31. The van der Waals surface area contributed by atoms with E-state index in [0.717, 1.165) is 0 Å². The van der Waals surface area contributed by atoms with E-state index < -0.39 is 54.5 Å². The molecule has 0 aromatic rings. The molecular weight excluding hydrogens is 348 g/mol. The Morgan fingerprint density at radius 2 is 1.69 bits per heavy atom. The molecule has 0 aliphatic carbocycles. The largest absolute Gasteiger partial charge is 0.513 e. The fraction of sp³-hybridized carbons (Fsp3) is 0.706. The maximum Gasteiger partial charge on any atom is 0.335 e. The molecule has 0 amide bonds. The van der Waals surface area contributed by atoms with Crippen LogP contribution >= 0.6 is 0 Å². The van der Waals surface area contributed by atoms with Crippen molar-refractivity contribution in [3.8, 4) is 0 Å². The molecular formula is C17H26O9. The zero-order valence-electron chi connectivity index (χ0n) is 15.6. The molecule has 0 aromatic heterocycles. The molecule has 1 rings (SSSR count). The molecule has 1 aliphatic heterocycles. The summed E-state index contributed by atoms with van der Waals surface area (Å²) in [5.41, 5.74) is 0. The summed E-state index contributed by atoms with van der Waals surface area (Å²) in [6.07, 6.45) is -4.85. The summed E-state index contributed by atoms with van der Waals surface area (Å²) < 4.78 is 26.6. The van der Waals surface area contributed by atoms with Gasteiger partial charge in [-0.2, -0.15) is 0 Å². The van der Waals surface area contributed by atoms with Crippen molar-refractivity contribution in [1.82, 2.24) is 0 Å². The average molecular weight is 374 g/mol. The second-order valence-electron chi connectivity index (χ2n) is 6.17. The van der Waals surface area contributed by atoms with Gasteiger partial charge in [0, 0.05) is 26.2 Å². The molecule has 148 valence electrons. The Bertz CT molecular complexity index is 544. The predicted molar refractivity (Wildman–Crippen MR) is 87.9 cm³/mol. The summed E-state index contributed by atoms with van der Waals surface area (Å²) in [5.74, 6) is -2.68. The molecule has 9 heteroatoms. The van der Waals surface area contributed by atoms with E-state index in [1.54, 1.807) is 13.8 Å². The number of esters is 3. The van der Waals surface area contributed by atoms with Gasteiger partial charge < -0.3 is 28.8 Å². The van der Waals surface area contributed by atoms with Gasteiger partial charge in [0.25, 0.3) is 0 Å². The average Bonchev–Trinajstić information content (AvgIpc) is 2.51. The van der Waals surface area contributed by atoms with Crippen LogP contribution in [-0.4, -0.2) is 60.8 Å². The van der Waals surface area contributed by atoms with Crippen molar-refractivity contribution < 1.29 is 43.2 Å². The summed E-state index contributed by atoms with van der Waals surface area (Å²) in [6.45, 7) is 9.03. The highest BCUT2D eigenvalue weighted by atomic mass is 16.7. The van der Waals surface area contributed by atoms with Crippen LogP contribution in [0.2, 0.25) is 0 Å². The molecule has 9 nitrogen and oxygen atoms in total. The molecule has 6 atom stereocenters. The van der Waals surface area contributed by atoms with Crippen molar-refractivity contribution in [2.24, 2.45) is 5.92 Å². The van der Waals surface area contributed by atoms with Gasteiger partial charge in [-0.15, -0.1) is 0 Å². The first-order chi connectivity index (χ1) is 12.1. The van der Waals surface area contributed by atoms with Gasteiger partial charge in [0.15, 0.2) is 18.5 Å². The highest BCUT2D eigenvalue weighted by molar-refractivity contribution is 5.75. The van der Waals surface area contributed by atoms with Crippen LogP contribution < -0.4 is 0 Å². The fourth-order valence-corrected chi connectivity index (χ4v) is 2.76. The van der Waals surface area contributed by atoms with Crippen LogP contribution in [0.1, 0.15) is 34.1 Å². The number of ether oxygens (including phenoxy) is 5. The molecule has 0 radical (unpaired) electrons. The van der Waals surface area contributed by atoms with Gasteiger partial charge in [-0.1, -0.05) is 13.5 Å². The lowest BCUT2D eigenvalue weighted by Crippen LogP contribution is -2.59. The number of methoxy groups -OCH3 is 1. The van der Waals surface area contributed by atoms with Gasteiger partial charge in [0.1, 0.15) is 6.10 Å². The summed E-state index contributed by atoms with van der Waals surface area (Å²) in [7, 11) is 1.20. The molecule has 26 heavy (non-hydrogen) atoms. The first-order valence-electron chi connectivity index (χ1n) is 8.16. The number of hydrogen-bond donors (Lipinski definition) is 1. The van der Waals surface area contributed by atoms with E-state index in [9.17, 15) is 19.5 Å². The van der Waals surface area contributed by atoms with E-state index in [-0.39, 0.29) is 12.2 Å².